The van der Waals surface area contributed by atoms with Crippen molar-refractivity contribution in [3.8, 4) is 73.1 Å². The van der Waals surface area contributed by atoms with E-state index in [4.69, 9.17) is 0 Å². The van der Waals surface area contributed by atoms with Crippen molar-refractivity contribution in [2.75, 3.05) is 0 Å². The Labute approximate surface area is 417 Å². The first-order valence-corrected chi connectivity index (χ1v) is 23.9. The molecule has 0 aliphatic heterocycles. The molecule has 0 amide bonds. The fraction of sp³-hybridized carbons (Fsp3) is 0.0615. The van der Waals surface area contributed by atoms with Crippen LogP contribution in [0.2, 0.25) is 0 Å². The molecule has 0 saturated heterocycles. The summed E-state index contributed by atoms with van der Waals surface area (Å²) in [4.78, 5) is 0. The minimum atomic E-state index is -2.27. The van der Waals surface area contributed by atoms with E-state index in [1.807, 2.05) is 182 Å². The van der Waals surface area contributed by atoms with Crippen molar-refractivity contribution in [3.05, 3.63) is 239 Å². The quantitative estimate of drug-likeness (QED) is 0.0890. The molecule has 0 unspecified atom stereocenters. The molecule has 0 atom stereocenters. The highest BCUT2D eigenvalue weighted by molar-refractivity contribution is 6.13. The molecule has 12 aromatic rings. The number of aryl methyl sites for hydroxylation is 4. The zero-order valence-corrected chi connectivity index (χ0v) is 40.1. The molecule has 352 valence electrons. The Hall–Kier alpha value is -9.06. The second-order valence-corrected chi connectivity index (χ2v) is 19.0. The summed E-state index contributed by atoms with van der Waals surface area (Å²) < 4.78 is 82.9. The van der Waals surface area contributed by atoms with Gasteiger partial charge in [0.25, 0.3) is 0 Å². The van der Waals surface area contributed by atoms with E-state index in [1.54, 1.807) is 0 Å². The van der Waals surface area contributed by atoms with Crippen molar-refractivity contribution >= 4 is 43.6 Å². The highest BCUT2D eigenvalue weighted by Gasteiger charge is 2.30. The smallest absolute Gasteiger partial charge is 0.200 e. The Morgan fingerprint density at radius 1 is 0.315 bits per heavy atom. The largest absolute Gasteiger partial charge is 0.308 e. The van der Waals surface area contributed by atoms with Crippen molar-refractivity contribution in [1.82, 2.24) is 9.13 Å². The van der Waals surface area contributed by atoms with E-state index in [0.717, 1.165) is 88.3 Å². The molecule has 2 heterocycles. The van der Waals surface area contributed by atoms with Crippen LogP contribution in [0.4, 0.5) is 22.0 Å². The van der Waals surface area contributed by atoms with Crippen LogP contribution in [0.5, 0.6) is 0 Å². The number of benzene rings is 10. The number of nitrogens with zero attached hydrogens (tertiary/aromatic N) is 3. The number of rotatable bonds is 7. The lowest BCUT2D eigenvalue weighted by Crippen LogP contribution is -2.08. The van der Waals surface area contributed by atoms with Gasteiger partial charge in [-0.3, -0.25) is 0 Å². The third kappa shape index (κ3) is 7.47. The van der Waals surface area contributed by atoms with Gasteiger partial charge in [0.2, 0.25) is 5.82 Å². The SMILES string of the molecule is Cc1cccc(-c2ccc3c4ccc(-c5cccc(C)c5)cc4n(-c4cc(-c5c(F)c(F)c(F)c(F)c5F)cc(-n5c6cc(-c7cccc(C)c7)ccc6c6ccc(-c7cccc(C)c7)cc65)c4C#N)c3c2)c1. The van der Waals surface area contributed by atoms with Crippen LogP contribution in [0.1, 0.15) is 27.8 Å². The normalized spacial score (nSPS) is 11.6. The molecule has 3 nitrogen and oxygen atoms in total. The second kappa shape index (κ2) is 17.4. The van der Waals surface area contributed by atoms with Gasteiger partial charge < -0.3 is 9.13 Å². The van der Waals surface area contributed by atoms with E-state index in [9.17, 15) is 9.65 Å². The van der Waals surface area contributed by atoms with E-state index < -0.39 is 34.6 Å². The number of hydrogen-bond donors (Lipinski definition) is 0. The molecule has 73 heavy (non-hydrogen) atoms. The third-order valence-corrected chi connectivity index (χ3v) is 14.1. The Bertz CT molecular complexity index is 3870. The summed E-state index contributed by atoms with van der Waals surface area (Å²) in [5.41, 5.74) is 13.0. The summed E-state index contributed by atoms with van der Waals surface area (Å²) in [6.07, 6.45) is 0. The minimum absolute atomic E-state index is 0.0917. The number of halogens is 5. The van der Waals surface area contributed by atoms with Gasteiger partial charge >= 0.3 is 0 Å². The number of fused-ring (bicyclic) bond motifs is 6. The predicted octanol–water partition coefficient (Wildman–Crippen LogP) is 18.0. The van der Waals surface area contributed by atoms with Crippen molar-refractivity contribution in [3.63, 3.8) is 0 Å². The Balaban J connectivity index is 1.27. The topological polar surface area (TPSA) is 33.6 Å². The van der Waals surface area contributed by atoms with Crippen LogP contribution in [-0.4, -0.2) is 9.13 Å². The summed E-state index contributed by atoms with van der Waals surface area (Å²) in [7, 11) is 0. The zero-order valence-electron chi connectivity index (χ0n) is 40.1. The molecule has 12 rings (SSSR count). The Morgan fingerprint density at radius 3 is 0.863 bits per heavy atom. The Morgan fingerprint density at radius 2 is 0.589 bits per heavy atom. The van der Waals surface area contributed by atoms with E-state index in [0.29, 0.717) is 22.1 Å². The second-order valence-electron chi connectivity index (χ2n) is 19.0. The number of hydrogen-bond acceptors (Lipinski definition) is 1. The molecule has 0 aliphatic carbocycles. The van der Waals surface area contributed by atoms with Crippen LogP contribution in [-0.2, 0) is 0 Å². The van der Waals surface area contributed by atoms with Crippen LogP contribution in [0, 0.1) is 68.1 Å². The maximum atomic E-state index is 16.5. The molecule has 0 saturated carbocycles. The molecule has 10 aromatic carbocycles. The first-order valence-electron chi connectivity index (χ1n) is 23.9. The van der Waals surface area contributed by atoms with E-state index in [-0.39, 0.29) is 22.5 Å². The summed E-state index contributed by atoms with van der Waals surface area (Å²) in [5.74, 6) is -10.4. The van der Waals surface area contributed by atoms with Gasteiger partial charge in [-0.1, -0.05) is 168 Å². The molecule has 8 heteroatoms. The third-order valence-electron chi connectivity index (χ3n) is 14.1. The van der Waals surface area contributed by atoms with Gasteiger partial charge in [-0.2, -0.15) is 5.26 Å². The van der Waals surface area contributed by atoms with Crippen LogP contribution in [0.15, 0.2) is 182 Å². The van der Waals surface area contributed by atoms with E-state index in [1.165, 1.54) is 12.1 Å². The van der Waals surface area contributed by atoms with Crippen LogP contribution < -0.4 is 0 Å². The minimum Gasteiger partial charge on any atom is -0.308 e. The van der Waals surface area contributed by atoms with Crippen LogP contribution in [0.3, 0.4) is 0 Å². The van der Waals surface area contributed by atoms with E-state index in [2.05, 4.69) is 30.3 Å². The molecule has 2 aromatic heterocycles. The van der Waals surface area contributed by atoms with Gasteiger partial charge in [-0.15, -0.1) is 0 Å². The summed E-state index contributed by atoms with van der Waals surface area (Å²) in [6, 6.07) is 61.9. The average molecular weight is 960 g/mol. The van der Waals surface area contributed by atoms with Gasteiger partial charge in [0, 0.05) is 21.5 Å². The lowest BCUT2D eigenvalue weighted by atomic mass is 9.98. The molecule has 0 fully saturated rings. The number of aromatic nitrogens is 2. The van der Waals surface area contributed by atoms with Gasteiger partial charge in [0.15, 0.2) is 23.3 Å². The lowest BCUT2D eigenvalue weighted by Gasteiger charge is -2.20. The molecule has 0 N–H and O–H groups in total. The van der Waals surface area contributed by atoms with Crippen molar-refractivity contribution in [2.24, 2.45) is 0 Å². The van der Waals surface area contributed by atoms with Crippen LogP contribution >= 0.6 is 0 Å². The lowest BCUT2D eigenvalue weighted by molar-refractivity contribution is 0.381. The van der Waals surface area contributed by atoms with Crippen molar-refractivity contribution in [2.45, 2.75) is 27.7 Å². The zero-order chi connectivity index (χ0) is 50.4. The Kier molecular flexibility index (Phi) is 10.7. The van der Waals surface area contributed by atoms with Gasteiger partial charge in [0.1, 0.15) is 11.6 Å². The molecular formula is C65H42F5N3. The maximum absolute atomic E-state index is 16.5. The predicted molar refractivity (Wildman–Crippen MR) is 286 cm³/mol. The molecule has 0 aliphatic rings. The first kappa shape index (κ1) is 45.1. The van der Waals surface area contributed by atoms with E-state index >= 15 is 17.6 Å². The maximum Gasteiger partial charge on any atom is 0.200 e. The standard InChI is InChI=1S/C65H42F5N3/c1-36-9-5-13-40(25-36)44-17-21-49-50-22-18-45(41-14-6-10-37(2)26-41)30-55(50)72(54(49)29-44)58-33-48(60-61(66)63(68)65(70)64(69)62(60)67)34-59(53(58)35-71)73-56-31-46(42-15-7-11-38(3)27-42)19-23-51(56)52-24-20-47(32-57(52)73)43-16-8-12-39(4)28-43/h5-34H,1-4H3. The summed E-state index contributed by atoms with van der Waals surface area (Å²) in [6.45, 7) is 8.05. The fourth-order valence-electron chi connectivity index (χ4n) is 10.7. The van der Waals surface area contributed by atoms with Gasteiger partial charge in [-0.05, 0) is 114 Å². The molecule has 0 bridgehead atoms. The van der Waals surface area contributed by atoms with Crippen LogP contribution in [0.25, 0.3) is 111 Å². The summed E-state index contributed by atoms with van der Waals surface area (Å²) >= 11 is 0. The fourth-order valence-corrected chi connectivity index (χ4v) is 10.7. The highest BCUT2D eigenvalue weighted by Crippen LogP contribution is 2.45. The first-order chi connectivity index (χ1) is 35.3. The average Bonchev–Trinajstić information content (AvgIpc) is 3.90. The molecular weight excluding hydrogens is 918 g/mol. The van der Waals surface area contributed by atoms with Crippen molar-refractivity contribution in [1.29, 1.82) is 5.26 Å². The highest BCUT2D eigenvalue weighted by atomic mass is 19.2. The molecule has 0 spiro atoms. The monoisotopic (exact) mass is 959 g/mol. The summed E-state index contributed by atoms with van der Waals surface area (Å²) in [5, 5.41) is 15.1. The van der Waals surface area contributed by atoms with Gasteiger partial charge in [0.05, 0.1) is 39.0 Å². The van der Waals surface area contributed by atoms with Gasteiger partial charge in [-0.25, -0.2) is 22.0 Å². The number of nitriles is 1. The van der Waals surface area contributed by atoms with Crippen molar-refractivity contribution < 1.29 is 22.0 Å². The molecule has 0 radical (unpaired) electrons.